The Bertz CT molecular complexity index is 777. The van der Waals surface area contributed by atoms with Gasteiger partial charge in [-0.15, -0.1) is 0 Å². The Hall–Kier alpha value is -2.12. The zero-order valence-corrected chi connectivity index (χ0v) is 16.3. The molecule has 1 aromatic heterocycles. The summed E-state index contributed by atoms with van der Waals surface area (Å²) in [5, 5.41) is 0.591. The number of rotatable bonds is 9. The lowest BCUT2D eigenvalue weighted by Crippen LogP contribution is -2.34. The van der Waals surface area contributed by atoms with Gasteiger partial charge in [0.2, 0.25) is 5.91 Å². The molecule has 0 aliphatic carbocycles. The van der Waals surface area contributed by atoms with Crippen LogP contribution in [0.3, 0.4) is 0 Å². The first-order valence-electron chi connectivity index (χ1n) is 8.49. The Morgan fingerprint density at radius 1 is 1.31 bits per heavy atom. The molecule has 0 spiro atoms. The molecule has 0 saturated heterocycles. The number of nitrogens with one attached hydrogen (secondary N) is 1. The van der Waals surface area contributed by atoms with E-state index in [0.29, 0.717) is 42.5 Å². The van der Waals surface area contributed by atoms with Crippen molar-refractivity contribution >= 4 is 17.7 Å². The molecule has 26 heavy (non-hydrogen) atoms. The van der Waals surface area contributed by atoms with Crippen LogP contribution in [0.1, 0.15) is 23.2 Å². The van der Waals surface area contributed by atoms with E-state index in [2.05, 4.69) is 9.97 Å². The number of aryl methyl sites for hydroxylation is 1. The Morgan fingerprint density at radius 2 is 2.04 bits per heavy atom. The van der Waals surface area contributed by atoms with E-state index in [1.165, 1.54) is 11.8 Å². The minimum atomic E-state index is -0.166. The van der Waals surface area contributed by atoms with E-state index in [1.54, 1.807) is 18.9 Å². The smallest absolute Gasteiger partial charge is 0.254 e. The van der Waals surface area contributed by atoms with E-state index >= 15 is 0 Å². The minimum Gasteiger partial charge on any atom is -0.383 e. The molecule has 1 aromatic carbocycles. The third-order valence-electron chi connectivity index (χ3n) is 4.12. The van der Waals surface area contributed by atoms with E-state index in [9.17, 15) is 9.59 Å². The second-order valence-electron chi connectivity index (χ2n) is 5.93. The number of thioether (sulfide) groups is 1. The third kappa shape index (κ3) is 5.71. The van der Waals surface area contributed by atoms with E-state index in [0.717, 1.165) is 5.56 Å². The van der Waals surface area contributed by atoms with Gasteiger partial charge in [-0.2, -0.15) is 0 Å². The average molecular weight is 375 g/mol. The average Bonchev–Trinajstić information content (AvgIpc) is 2.64. The summed E-state index contributed by atoms with van der Waals surface area (Å²) in [5.74, 6) is -0.00125. The summed E-state index contributed by atoms with van der Waals surface area (Å²) in [6.45, 7) is 3.33. The van der Waals surface area contributed by atoms with E-state index in [1.807, 2.05) is 36.6 Å². The van der Waals surface area contributed by atoms with Crippen molar-refractivity contribution in [2.75, 3.05) is 26.5 Å². The Kier molecular flexibility index (Phi) is 7.87. The van der Waals surface area contributed by atoms with Crippen LogP contribution < -0.4 is 5.56 Å². The quantitative estimate of drug-likeness (QED) is 0.538. The first-order valence-corrected chi connectivity index (χ1v) is 9.72. The molecule has 0 aliphatic heterocycles. The maximum Gasteiger partial charge on any atom is 0.254 e. The first kappa shape index (κ1) is 20.2. The number of carbonyl (C=O) groups is 1. The van der Waals surface area contributed by atoms with Gasteiger partial charge in [-0.25, -0.2) is 4.98 Å². The molecule has 0 aliphatic rings. The topological polar surface area (TPSA) is 75.3 Å². The van der Waals surface area contributed by atoms with Crippen LogP contribution in [0.2, 0.25) is 0 Å². The van der Waals surface area contributed by atoms with Crippen LogP contribution in [0, 0.1) is 6.92 Å². The number of hydrogen-bond donors (Lipinski definition) is 1. The molecule has 140 valence electrons. The van der Waals surface area contributed by atoms with E-state index < -0.39 is 0 Å². The number of aromatic amines is 1. The lowest BCUT2D eigenvalue weighted by molar-refractivity contribution is -0.132. The highest BCUT2D eigenvalue weighted by atomic mass is 32.2. The minimum absolute atomic E-state index is 0.00125. The lowest BCUT2D eigenvalue weighted by atomic mass is 10.1. The molecule has 2 aromatic rings. The van der Waals surface area contributed by atoms with Crippen molar-refractivity contribution in [2.45, 2.75) is 31.5 Å². The molecule has 1 N–H and O–H groups in total. The number of nitrogens with zero attached hydrogens (tertiary/aromatic N) is 2. The second kappa shape index (κ2) is 10.1. The Balaban J connectivity index is 2.06. The van der Waals surface area contributed by atoms with Gasteiger partial charge >= 0.3 is 0 Å². The number of methoxy groups -OCH3 is 1. The fraction of sp³-hybridized carbons (Fsp3) is 0.421. The zero-order chi connectivity index (χ0) is 18.9. The van der Waals surface area contributed by atoms with Gasteiger partial charge in [-0.3, -0.25) is 9.59 Å². The first-order chi connectivity index (χ1) is 12.5. The number of hydrogen-bond acceptors (Lipinski definition) is 5. The number of benzene rings is 1. The SMILES string of the molecule is COCCN(Cc1ccccc1)C(=O)CCc1c(C)nc(SC)[nH]c1=O. The van der Waals surface area contributed by atoms with Crippen LogP contribution in [0.4, 0.5) is 0 Å². The molecule has 0 unspecified atom stereocenters. The number of ether oxygens (including phenoxy) is 1. The molecule has 0 radical (unpaired) electrons. The van der Waals surface area contributed by atoms with Crippen molar-refractivity contribution in [2.24, 2.45) is 0 Å². The van der Waals surface area contributed by atoms with Crippen molar-refractivity contribution in [3.8, 4) is 0 Å². The lowest BCUT2D eigenvalue weighted by Gasteiger charge is -2.22. The van der Waals surface area contributed by atoms with Gasteiger partial charge in [0.15, 0.2) is 5.16 Å². The summed E-state index contributed by atoms with van der Waals surface area (Å²) in [7, 11) is 1.62. The predicted octanol–water partition coefficient (Wildman–Crippen LogP) is 2.41. The van der Waals surface area contributed by atoms with Crippen molar-refractivity contribution in [3.05, 3.63) is 57.5 Å². The van der Waals surface area contributed by atoms with E-state index in [4.69, 9.17) is 4.74 Å². The van der Waals surface area contributed by atoms with Crippen LogP contribution in [-0.4, -0.2) is 47.3 Å². The fourth-order valence-electron chi connectivity index (χ4n) is 2.66. The predicted molar refractivity (Wildman–Crippen MR) is 103 cm³/mol. The molecule has 7 heteroatoms. The molecule has 2 rings (SSSR count). The highest BCUT2D eigenvalue weighted by Crippen LogP contribution is 2.11. The molecule has 0 bridgehead atoms. The summed E-state index contributed by atoms with van der Waals surface area (Å²) >= 11 is 1.39. The number of aromatic nitrogens is 2. The Labute approximate surface area is 158 Å². The van der Waals surface area contributed by atoms with Crippen LogP contribution in [0.5, 0.6) is 0 Å². The van der Waals surface area contributed by atoms with Gasteiger partial charge in [0.1, 0.15) is 0 Å². The van der Waals surface area contributed by atoms with Crippen LogP contribution in [-0.2, 0) is 22.5 Å². The maximum atomic E-state index is 12.7. The standard InChI is InChI=1S/C19H25N3O3S/c1-14-16(18(24)21-19(20-14)26-3)9-10-17(23)22(11-12-25-2)13-15-7-5-4-6-8-15/h4-8H,9-13H2,1-3H3,(H,20,21,24). The molecule has 0 saturated carbocycles. The molecular formula is C19H25N3O3S. The number of amides is 1. The van der Waals surface area contributed by atoms with Crippen molar-refractivity contribution in [3.63, 3.8) is 0 Å². The van der Waals surface area contributed by atoms with Gasteiger partial charge in [-0.05, 0) is 25.2 Å². The summed E-state index contributed by atoms with van der Waals surface area (Å²) in [6.07, 6.45) is 2.50. The normalized spacial score (nSPS) is 10.7. The number of carbonyl (C=O) groups excluding carboxylic acids is 1. The van der Waals surface area contributed by atoms with Gasteiger partial charge in [0.25, 0.3) is 5.56 Å². The summed E-state index contributed by atoms with van der Waals surface area (Å²) in [6, 6.07) is 9.84. The number of H-pyrrole nitrogens is 1. The van der Waals surface area contributed by atoms with Crippen molar-refractivity contribution in [1.82, 2.24) is 14.9 Å². The summed E-state index contributed by atoms with van der Waals surface area (Å²) < 4.78 is 5.13. The fourth-order valence-corrected chi connectivity index (χ4v) is 3.09. The van der Waals surface area contributed by atoms with Gasteiger partial charge < -0.3 is 14.6 Å². The van der Waals surface area contributed by atoms with Crippen LogP contribution in [0.15, 0.2) is 40.3 Å². The van der Waals surface area contributed by atoms with Crippen molar-refractivity contribution < 1.29 is 9.53 Å². The van der Waals surface area contributed by atoms with E-state index in [-0.39, 0.29) is 17.9 Å². The zero-order valence-electron chi connectivity index (χ0n) is 15.4. The molecule has 1 amide bonds. The van der Waals surface area contributed by atoms with Gasteiger partial charge in [-0.1, -0.05) is 42.1 Å². The highest BCUT2D eigenvalue weighted by Gasteiger charge is 2.16. The molecule has 6 nitrogen and oxygen atoms in total. The molecule has 1 heterocycles. The highest BCUT2D eigenvalue weighted by molar-refractivity contribution is 7.98. The summed E-state index contributed by atoms with van der Waals surface area (Å²) in [5.41, 5.74) is 2.15. The second-order valence-corrected chi connectivity index (χ2v) is 6.73. The van der Waals surface area contributed by atoms with Gasteiger partial charge in [0, 0.05) is 37.9 Å². The molecule has 0 atom stereocenters. The largest absolute Gasteiger partial charge is 0.383 e. The van der Waals surface area contributed by atoms with Gasteiger partial charge in [0.05, 0.1) is 6.61 Å². The third-order valence-corrected chi connectivity index (χ3v) is 4.70. The monoisotopic (exact) mass is 375 g/mol. The maximum absolute atomic E-state index is 12.7. The molecular weight excluding hydrogens is 350 g/mol. The summed E-state index contributed by atoms with van der Waals surface area (Å²) in [4.78, 5) is 33.8. The van der Waals surface area contributed by atoms with Crippen LogP contribution in [0.25, 0.3) is 0 Å². The van der Waals surface area contributed by atoms with Crippen LogP contribution >= 0.6 is 11.8 Å². The van der Waals surface area contributed by atoms with Crippen molar-refractivity contribution in [1.29, 1.82) is 0 Å². The Morgan fingerprint density at radius 3 is 2.65 bits per heavy atom. The molecule has 0 fully saturated rings.